The van der Waals surface area contributed by atoms with Crippen molar-refractivity contribution >= 4 is 11.6 Å². The molecule has 2 unspecified atom stereocenters. The first-order chi connectivity index (χ1) is 7.60. The summed E-state index contributed by atoms with van der Waals surface area (Å²) in [5.74, 6) is 1.56. The van der Waals surface area contributed by atoms with Crippen molar-refractivity contribution in [3.63, 3.8) is 0 Å². The third-order valence-electron chi connectivity index (χ3n) is 4.81. The van der Waals surface area contributed by atoms with Gasteiger partial charge in [-0.25, -0.2) is 0 Å². The van der Waals surface area contributed by atoms with Crippen LogP contribution < -0.4 is 0 Å². The van der Waals surface area contributed by atoms with Crippen LogP contribution in [0.15, 0.2) is 24.3 Å². The summed E-state index contributed by atoms with van der Waals surface area (Å²) in [5.41, 5.74) is 3.96. The fourth-order valence-electron chi connectivity index (χ4n) is 3.53. The molecule has 0 amide bonds. The fraction of sp³-hybridized carbons (Fsp3) is 0.600. The lowest BCUT2D eigenvalue weighted by Crippen LogP contribution is -2.30. The van der Waals surface area contributed by atoms with Crippen molar-refractivity contribution in [3.05, 3.63) is 35.4 Å². The summed E-state index contributed by atoms with van der Waals surface area (Å²) in [4.78, 5) is 0. The molecule has 0 nitrogen and oxygen atoms in total. The van der Waals surface area contributed by atoms with Crippen LogP contribution in [0.2, 0.25) is 0 Å². The molecule has 2 aliphatic carbocycles. The van der Waals surface area contributed by atoms with E-state index >= 15 is 0 Å². The molecular formula is C15H19Cl. The highest BCUT2D eigenvalue weighted by Gasteiger charge is 2.57. The summed E-state index contributed by atoms with van der Waals surface area (Å²) in [6, 6.07) is 9.02. The van der Waals surface area contributed by atoms with E-state index in [1.54, 1.807) is 11.1 Å². The van der Waals surface area contributed by atoms with Gasteiger partial charge in [-0.3, -0.25) is 0 Å². The Hall–Kier alpha value is -0.490. The largest absolute Gasteiger partial charge is 0.126 e. The predicted octanol–water partition coefficient (Wildman–Crippen LogP) is 4.25. The SMILES string of the molecule is CC1(C)CCC2(CC2CCl)c2ccccc21. The van der Waals surface area contributed by atoms with E-state index in [1.165, 1.54) is 19.3 Å². The Bertz CT molecular complexity index is 421. The molecule has 1 saturated carbocycles. The number of benzene rings is 1. The number of hydrogen-bond donors (Lipinski definition) is 0. The van der Waals surface area contributed by atoms with Gasteiger partial charge in [-0.05, 0) is 47.1 Å². The number of rotatable bonds is 1. The summed E-state index contributed by atoms with van der Waals surface area (Å²) < 4.78 is 0. The molecule has 3 rings (SSSR count). The van der Waals surface area contributed by atoms with Gasteiger partial charge >= 0.3 is 0 Å². The first-order valence-corrected chi connectivity index (χ1v) is 6.79. The quantitative estimate of drug-likeness (QED) is 0.638. The normalized spacial score (nSPS) is 34.8. The monoisotopic (exact) mass is 234 g/mol. The molecule has 0 bridgehead atoms. The molecule has 2 atom stereocenters. The Balaban J connectivity index is 2.11. The molecular weight excluding hydrogens is 216 g/mol. The van der Waals surface area contributed by atoms with Crippen molar-refractivity contribution in [1.82, 2.24) is 0 Å². The zero-order valence-corrected chi connectivity index (χ0v) is 10.8. The van der Waals surface area contributed by atoms with Gasteiger partial charge in [0.2, 0.25) is 0 Å². The molecule has 1 spiro atoms. The van der Waals surface area contributed by atoms with E-state index in [4.69, 9.17) is 11.6 Å². The predicted molar refractivity (Wildman–Crippen MR) is 69.2 cm³/mol. The van der Waals surface area contributed by atoms with E-state index in [1.807, 2.05) is 0 Å². The zero-order valence-electron chi connectivity index (χ0n) is 10.1. The summed E-state index contributed by atoms with van der Waals surface area (Å²) in [5, 5.41) is 0. The smallest absolute Gasteiger partial charge is 0.0260 e. The Morgan fingerprint density at radius 2 is 1.88 bits per heavy atom. The van der Waals surface area contributed by atoms with E-state index < -0.39 is 0 Å². The summed E-state index contributed by atoms with van der Waals surface area (Å²) in [7, 11) is 0. The third kappa shape index (κ3) is 1.29. The Morgan fingerprint density at radius 1 is 1.19 bits per heavy atom. The number of alkyl halides is 1. The van der Waals surface area contributed by atoms with Gasteiger partial charge in [0.15, 0.2) is 0 Å². The van der Waals surface area contributed by atoms with Crippen LogP contribution >= 0.6 is 11.6 Å². The van der Waals surface area contributed by atoms with Gasteiger partial charge in [0, 0.05) is 5.88 Å². The molecule has 0 radical (unpaired) electrons. The van der Waals surface area contributed by atoms with Crippen molar-refractivity contribution in [2.75, 3.05) is 5.88 Å². The molecule has 1 aromatic rings. The van der Waals surface area contributed by atoms with Gasteiger partial charge in [0.05, 0.1) is 0 Å². The first-order valence-electron chi connectivity index (χ1n) is 6.26. The highest BCUT2D eigenvalue weighted by molar-refractivity contribution is 6.18. The van der Waals surface area contributed by atoms with Gasteiger partial charge in [-0.15, -0.1) is 11.6 Å². The molecule has 0 aromatic heterocycles. The molecule has 1 fully saturated rings. The van der Waals surface area contributed by atoms with Crippen LogP contribution in [0.4, 0.5) is 0 Å². The van der Waals surface area contributed by atoms with Crippen LogP contribution in [-0.2, 0) is 10.8 Å². The van der Waals surface area contributed by atoms with Crippen LogP contribution in [0, 0.1) is 5.92 Å². The van der Waals surface area contributed by atoms with Crippen LogP contribution in [0.25, 0.3) is 0 Å². The number of halogens is 1. The molecule has 0 aliphatic heterocycles. The lowest BCUT2D eigenvalue weighted by atomic mass is 9.66. The van der Waals surface area contributed by atoms with Crippen LogP contribution in [0.5, 0.6) is 0 Å². The molecule has 1 aromatic carbocycles. The first kappa shape index (κ1) is 10.7. The number of fused-ring (bicyclic) bond motifs is 2. The van der Waals surface area contributed by atoms with Gasteiger partial charge in [0.25, 0.3) is 0 Å². The fourth-order valence-corrected chi connectivity index (χ4v) is 3.94. The second-order valence-corrected chi connectivity index (χ2v) is 6.45. The van der Waals surface area contributed by atoms with Crippen molar-refractivity contribution in [1.29, 1.82) is 0 Å². The topological polar surface area (TPSA) is 0 Å². The van der Waals surface area contributed by atoms with E-state index in [-0.39, 0.29) is 0 Å². The summed E-state index contributed by atoms with van der Waals surface area (Å²) >= 11 is 6.06. The van der Waals surface area contributed by atoms with E-state index in [0.717, 1.165) is 11.8 Å². The highest BCUT2D eigenvalue weighted by atomic mass is 35.5. The summed E-state index contributed by atoms with van der Waals surface area (Å²) in [6.07, 6.45) is 3.94. The molecule has 86 valence electrons. The molecule has 16 heavy (non-hydrogen) atoms. The average molecular weight is 235 g/mol. The second-order valence-electron chi connectivity index (χ2n) is 6.14. The lowest BCUT2D eigenvalue weighted by molar-refractivity contribution is 0.371. The van der Waals surface area contributed by atoms with E-state index in [0.29, 0.717) is 10.8 Å². The van der Waals surface area contributed by atoms with Crippen LogP contribution in [-0.4, -0.2) is 5.88 Å². The van der Waals surface area contributed by atoms with Gasteiger partial charge in [0.1, 0.15) is 0 Å². The Morgan fingerprint density at radius 3 is 2.50 bits per heavy atom. The molecule has 2 aliphatic rings. The second kappa shape index (κ2) is 3.26. The minimum atomic E-state index is 0.349. The molecule has 0 heterocycles. The minimum Gasteiger partial charge on any atom is -0.126 e. The van der Waals surface area contributed by atoms with Crippen molar-refractivity contribution in [3.8, 4) is 0 Å². The van der Waals surface area contributed by atoms with Gasteiger partial charge < -0.3 is 0 Å². The standard InChI is InChI=1S/C15H19Cl/c1-14(2)7-8-15(9-11(15)10-16)13-6-4-3-5-12(13)14/h3-6,11H,7-10H2,1-2H3. The molecule has 0 N–H and O–H groups in total. The lowest BCUT2D eigenvalue weighted by Gasteiger charge is -2.38. The van der Waals surface area contributed by atoms with Crippen molar-refractivity contribution in [2.24, 2.45) is 5.92 Å². The average Bonchev–Trinajstić information content (AvgIpc) is 3.00. The Kier molecular flexibility index (Phi) is 2.17. The zero-order chi connectivity index (χ0) is 11.4. The van der Waals surface area contributed by atoms with Crippen molar-refractivity contribution < 1.29 is 0 Å². The Labute approximate surface area is 103 Å². The van der Waals surface area contributed by atoms with E-state index in [2.05, 4.69) is 38.1 Å². The maximum Gasteiger partial charge on any atom is 0.0260 e. The molecule has 0 saturated heterocycles. The maximum atomic E-state index is 6.06. The van der Waals surface area contributed by atoms with E-state index in [9.17, 15) is 0 Å². The van der Waals surface area contributed by atoms with Gasteiger partial charge in [-0.1, -0.05) is 38.1 Å². The van der Waals surface area contributed by atoms with Crippen LogP contribution in [0.3, 0.4) is 0 Å². The summed E-state index contributed by atoms with van der Waals surface area (Å²) in [6.45, 7) is 4.74. The highest BCUT2D eigenvalue weighted by Crippen LogP contribution is 2.63. The van der Waals surface area contributed by atoms with Crippen molar-refractivity contribution in [2.45, 2.75) is 43.9 Å². The minimum absolute atomic E-state index is 0.349. The number of hydrogen-bond acceptors (Lipinski definition) is 0. The molecule has 1 heteroatoms. The van der Waals surface area contributed by atoms with Crippen LogP contribution in [0.1, 0.15) is 44.2 Å². The third-order valence-corrected chi connectivity index (χ3v) is 5.18. The van der Waals surface area contributed by atoms with Gasteiger partial charge in [-0.2, -0.15) is 0 Å². The maximum absolute atomic E-state index is 6.06.